The van der Waals surface area contributed by atoms with Crippen LogP contribution in [0.2, 0.25) is 0 Å². The zero-order chi connectivity index (χ0) is 8.69. The number of ether oxygens (including phenoxy) is 1. The molecule has 0 aromatic heterocycles. The van der Waals surface area contributed by atoms with Gasteiger partial charge in [-0.15, -0.1) is 0 Å². The van der Waals surface area contributed by atoms with E-state index in [-0.39, 0.29) is 0 Å². The summed E-state index contributed by atoms with van der Waals surface area (Å²) in [5.74, 6) is 0.790. The fourth-order valence-corrected chi connectivity index (χ4v) is 0.589. The van der Waals surface area contributed by atoms with Gasteiger partial charge in [0, 0.05) is 7.05 Å². The molecule has 0 aromatic rings. The standard InChI is InChI=1S/C9H17NO/c1-5-8(2)6-7-9(10-3)11-4/h6-7,10H,5H2,1-4H3/b8-6-,9-7+. The molecule has 0 fully saturated rings. The Kier molecular flexibility index (Phi) is 5.35. The number of hydrogen-bond acceptors (Lipinski definition) is 2. The first-order valence-corrected chi connectivity index (χ1v) is 3.83. The highest BCUT2D eigenvalue weighted by atomic mass is 16.5. The molecule has 0 saturated carbocycles. The second-order valence-electron chi connectivity index (χ2n) is 2.35. The molecule has 64 valence electrons. The Bertz CT molecular complexity index is 153. The number of methoxy groups -OCH3 is 1. The van der Waals surface area contributed by atoms with E-state index in [0.717, 1.165) is 12.3 Å². The first kappa shape index (κ1) is 10.1. The van der Waals surface area contributed by atoms with Crippen molar-refractivity contribution in [2.75, 3.05) is 14.2 Å². The van der Waals surface area contributed by atoms with E-state index in [1.807, 2.05) is 13.1 Å². The van der Waals surface area contributed by atoms with Gasteiger partial charge in [-0.2, -0.15) is 0 Å². The van der Waals surface area contributed by atoms with E-state index in [9.17, 15) is 0 Å². The van der Waals surface area contributed by atoms with Crippen molar-refractivity contribution in [3.8, 4) is 0 Å². The van der Waals surface area contributed by atoms with Crippen molar-refractivity contribution >= 4 is 0 Å². The monoisotopic (exact) mass is 155 g/mol. The van der Waals surface area contributed by atoms with E-state index in [1.165, 1.54) is 5.57 Å². The third kappa shape index (κ3) is 4.48. The van der Waals surface area contributed by atoms with Gasteiger partial charge >= 0.3 is 0 Å². The van der Waals surface area contributed by atoms with E-state index < -0.39 is 0 Å². The van der Waals surface area contributed by atoms with Crippen LogP contribution in [0, 0.1) is 0 Å². The first-order chi connectivity index (χ1) is 5.24. The lowest BCUT2D eigenvalue weighted by molar-refractivity contribution is 0.268. The molecule has 0 aliphatic heterocycles. The quantitative estimate of drug-likeness (QED) is 0.495. The summed E-state index contributed by atoms with van der Waals surface area (Å²) >= 11 is 0. The summed E-state index contributed by atoms with van der Waals surface area (Å²) in [7, 11) is 3.49. The Labute approximate surface area is 68.9 Å². The lowest BCUT2D eigenvalue weighted by Crippen LogP contribution is -2.06. The smallest absolute Gasteiger partial charge is 0.186 e. The maximum Gasteiger partial charge on any atom is 0.186 e. The molecule has 0 aliphatic carbocycles. The van der Waals surface area contributed by atoms with Crippen molar-refractivity contribution in [3.05, 3.63) is 23.6 Å². The van der Waals surface area contributed by atoms with Gasteiger partial charge in [-0.25, -0.2) is 0 Å². The molecule has 11 heavy (non-hydrogen) atoms. The summed E-state index contributed by atoms with van der Waals surface area (Å²) in [6.07, 6.45) is 5.06. The second-order valence-corrected chi connectivity index (χ2v) is 2.35. The lowest BCUT2D eigenvalue weighted by Gasteiger charge is -2.02. The minimum atomic E-state index is 0.790. The van der Waals surface area contributed by atoms with Gasteiger partial charge in [0.1, 0.15) is 0 Å². The maximum absolute atomic E-state index is 5.00. The molecule has 1 N–H and O–H groups in total. The van der Waals surface area contributed by atoms with Crippen LogP contribution in [-0.2, 0) is 4.74 Å². The maximum atomic E-state index is 5.00. The predicted molar refractivity (Wildman–Crippen MR) is 48.2 cm³/mol. The van der Waals surface area contributed by atoms with Crippen molar-refractivity contribution in [1.29, 1.82) is 0 Å². The molecule has 0 radical (unpaired) electrons. The Morgan fingerprint density at radius 3 is 2.45 bits per heavy atom. The van der Waals surface area contributed by atoms with E-state index in [4.69, 9.17) is 4.74 Å². The number of allylic oxidation sites excluding steroid dienone is 3. The SMILES string of the molecule is CC/C(C)=C\C=C(/NC)OC. The van der Waals surface area contributed by atoms with Crippen molar-refractivity contribution in [2.45, 2.75) is 20.3 Å². The van der Waals surface area contributed by atoms with Crippen LogP contribution in [-0.4, -0.2) is 14.2 Å². The summed E-state index contributed by atoms with van der Waals surface area (Å²) in [4.78, 5) is 0. The molecule has 0 saturated heterocycles. The molecule has 0 spiro atoms. The van der Waals surface area contributed by atoms with Gasteiger partial charge in [0.25, 0.3) is 0 Å². The number of rotatable bonds is 4. The third-order valence-electron chi connectivity index (χ3n) is 1.54. The van der Waals surface area contributed by atoms with Gasteiger partial charge in [0.15, 0.2) is 5.88 Å². The molecule has 2 nitrogen and oxygen atoms in total. The molecule has 0 rings (SSSR count). The highest BCUT2D eigenvalue weighted by molar-refractivity contribution is 5.12. The third-order valence-corrected chi connectivity index (χ3v) is 1.54. The molecule has 0 unspecified atom stereocenters. The Morgan fingerprint density at radius 2 is 2.09 bits per heavy atom. The number of hydrogen-bond donors (Lipinski definition) is 1. The highest BCUT2D eigenvalue weighted by Gasteiger charge is 1.86. The first-order valence-electron chi connectivity index (χ1n) is 3.83. The summed E-state index contributed by atoms with van der Waals surface area (Å²) < 4.78 is 5.00. The minimum absolute atomic E-state index is 0.790. The number of nitrogens with one attached hydrogen (secondary N) is 1. The topological polar surface area (TPSA) is 21.3 Å². The van der Waals surface area contributed by atoms with Gasteiger partial charge in [-0.05, 0) is 19.4 Å². The summed E-state index contributed by atoms with van der Waals surface area (Å²) in [5.41, 5.74) is 1.34. The zero-order valence-electron chi connectivity index (χ0n) is 7.77. The summed E-state index contributed by atoms with van der Waals surface area (Å²) in [6, 6.07) is 0. The predicted octanol–water partition coefficient (Wildman–Crippen LogP) is 2.05. The molecular formula is C9H17NO. The average Bonchev–Trinajstić information content (AvgIpc) is 2.06. The fraction of sp³-hybridized carbons (Fsp3) is 0.556. The van der Waals surface area contributed by atoms with Gasteiger partial charge in [-0.3, -0.25) is 0 Å². The van der Waals surface area contributed by atoms with Gasteiger partial charge < -0.3 is 10.1 Å². The fourth-order valence-electron chi connectivity index (χ4n) is 0.589. The van der Waals surface area contributed by atoms with Crippen molar-refractivity contribution in [1.82, 2.24) is 5.32 Å². The van der Waals surface area contributed by atoms with E-state index in [2.05, 4.69) is 25.2 Å². The largest absolute Gasteiger partial charge is 0.483 e. The Morgan fingerprint density at radius 1 is 1.45 bits per heavy atom. The van der Waals surface area contributed by atoms with Crippen molar-refractivity contribution < 1.29 is 4.74 Å². The van der Waals surface area contributed by atoms with Crippen LogP contribution in [0.1, 0.15) is 20.3 Å². The van der Waals surface area contributed by atoms with Gasteiger partial charge in [0.05, 0.1) is 7.11 Å². The summed E-state index contributed by atoms with van der Waals surface area (Å²) in [5, 5.41) is 2.93. The van der Waals surface area contributed by atoms with Crippen LogP contribution in [0.3, 0.4) is 0 Å². The second kappa shape index (κ2) is 5.83. The highest BCUT2D eigenvalue weighted by Crippen LogP contribution is 1.99. The molecule has 0 aromatic carbocycles. The van der Waals surface area contributed by atoms with Crippen molar-refractivity contribution in [2.24, 2.45) is 0 Å². The molecule has 0 aliphatic rings. The minimum Gasteiger partial charge on any atom is -0.483 e. The lowest BCUT2D eigenvalue weighted by atomic mass is 10.2. The van der Waals surface area contributed by atoms with Crippen LogP contribution < -0.4 is 5.32 Å². The normalized spacial score (nSPS) is 13.1. The molecule has 0 atom stereocenters. The summed E-state index contributed by atoms with van der Waals surface area (Å²) in [6.45, 7) is 4.23. The van der Waals surface area contributed by atoms with E-state index in [0.29, 0.717) is 0 Å². The molecule has 0 heterocycles. The molecular weight excluding hydrogens is 138 g/mol. The van der Waals surface area contributed by atoms with Crippen LogP contribution in [0.15, 0.2) is 23.6 Å². The molecule has 0 bridgehead atoms. The van der Waals surface area contributed by atoms with E-state index in [1.54, 1.807) is 7.11 Å². The van der Waals surface area contributed by atoms with Crippen molar-refractivity contribution in [3.63, 3.8) is 0 Å². The Balaban J connectivity index is 4.06. The van der Waals surface area contributed by atoms with Crippen LogP contribution in [0.5, 0.6) is 0 Å². The van der Waals surface area contributed by atoms with Gasteiger partial charge in [-0.1, -0.05) is 18.6 Å². The molecule has 2 heteroatoms. The average molecular weight is 155 g/mol. The van der Waals surface area contributed by atoms with Crippen LogP contribution >= 0.6 is 0 Å². The van der Waals surface area contributed by atoms with E-state index >= 15 is 0 Å². The van der Waals surface area contributed by atoms with Crippen LogP contribution in [0.4, 0.5) is 0 Å². The zero-order valence-corrected chi connectivity index (χ0v) is 7.77. The van der Waals surface area contributed by atoms with Gasteiger partial charge in [0.2, 0.25) is 0 Å². The Hall–Kier alpha value is -0.920. The molecule has 0 amide bonds. The van der Waals surface area contributed by atoms with Crippen LogP contribution in [0.25, 0.3) is 0 Å².